The summed E-state index contributed by atoms with van der Waals surface area (Å²) in [5, 5.41) is 0. The molecule has 2 heteroatoms. The van der Waals surface area contributed by atoms with Gasteiger partial charge in [-0.25, -0.2) is 4.79 Å². The van der Waals surface area contributed by atoms with Crippen molar-refractivity contribution in [1.82, 2.24) is 0 Å². The van der Waals surface area contributed by atoms with Crippen LogP contribution in [0.25, 0.3) is 0 Å². The van der Waals surface area contributed by atoms with Crippen molar-refractivity contribution in [1.29, 1.82) is 0 Å². The van der Waals surface area contributed by atoms with Crippen LogP contribution in [-0.2, 0) is 9.53 Å². The van der Waals surface area contributed by atoms with Gasteiger partial charge >= 0.3 is 5.97 Å². The molecule has 0 radical (unpaired) electrons. The van der Waals surface area contributed by atoms with Gasteiger partial charge in [-0.3, -0.25) is 0 Å². The van der Waals surface area contributed by atoms with E-state index in [-0.39, 0.29) is 5.97 Å². The summed E-state index contributed by atoms with van der Waals surface area (Å²) in [5.74, 6) is 0.778. The standard InChI is InChI=1S/C13H18O2/c14-13(11-7-3-1-4-8-11)15-12-9-5-2-6-10-12/h7,9H,1-6,8,10H2. The fourth-order valence-corrected chi connectivity index (χ4v) is 2.11. The fourth-order valence-electron chi connectivity index (χ4n) is 2.11. The maximum atomic E-state index is 11.7. The van der Waals surface area contributed by atoms with Crippen LogP contribution in [0, 0.1) is 0 Å². The zero-order valence-electron chi connectivity index (χ0n) is 9.13. The summed E-state index contributed by atoms with van der Waals surface area (Å²) in [6.45, 7) is 0. The molecular weight excluding hydrogens is 188 g/mol. The highest BCUT2D eigenvalue weighted by atomic mass is 16.5. The predicted octanol–water partition coefficient (Wildman–Crippen LogP) is 3.49. The Balaban J connectivity index is 1.90. The average Bonchev–Trinajstić information content (AvgIpc) is 2.31. The second-order valence-electron chi connectivity index (χ2n) is 4.28. The van der Waals surface area contributed by atoms with Crippen molar-refractivity contribution in [3.8, 4) is 0 Å². The van der Waals surface area contributed by atoms with Gasteiger partial charge in [-0.15, -0.1) is 0 Å². The molecule has 0 unspecified atom stereocenters. The molecule has 0 saturated carbocycles. The molecule has 0 heterocycles. The number of carbonyl (C=O) groups excluding carboxylic acids is 1. The predicted molar refractivity (Wildman–Crippen MR) is 59.2 cm³/mol. The lowest BCUT2D eigenvalue weighted by atomic mass is 10.00. The number of carbonyl (C=O) groups is 1. The Morgan fingerprint density at radius 1 is 1.00 bits per heavy atom. The summed E-state index contributed by atoms with van der Waals surface area (Å²) < 4.78 is 5.38. The maximum absolute atomic E-state index is 11.7. The molecule has 0 aliphatic heterocycles. The topological polar surface area (TPSA) is 26.3 Å². The summed E-state index contributed by atoms with van der Waals surface area (Å²) in [6, 6.07) is 0. The molecule has 0 spiro atoms. The van der Waals surface area contributed by atoms with Crippen LogP contribution >= 0.6 is 0 Å². The molecule has 2 aliphatic carbocycles. The number of hydrogen-bond acceptors (Lipinski definition) is 2. The van der Waals surface area contributed by atoms with E-state index in [0.717, 1.165) is 49.9 Å². The molecule has 15 heavy (non-hydrogen) atoms. The Kier molecular flexibility index (Phi) is 3.59. The Hall–Kier alpha value is -1.05. The number of allylic oxidation sites excluding steroid dienone is 3. The van der Waals surface area contributed by atoms with Crippen molar-refractivity contribution in [3.63, 3.8) is 0 Å². The van der Waals surface area contributed by atoms with Crippen LogP contribution < -0.4 is 0 Å². The van der Waals surface area contributed by atoms with E-state index < -0.39 is 0 Å². The zero-order chi connectivity index (χ0) is 10.5. The highest BCUT2D eigenvalue weighted by Crippen LogP contribution is 2.23. The molecule has 0 aromatic carbocycles. The number of esters is 1. The Labute approximate surface area is 91.0 Å². The van der Waals surface area contributed by atoms with Crippen LogP contribution in [-0.4, -0.2) is 5.97 Å². The van der Waals surface area contributed by atoms with Gasteiger partial charge in [-0.05, 0) is 51.0 Å². The van der Waals surface area contributed by atoms with Crippen LogP contribution in [0.4, 0.5) is 0 Å². The van der Waals surface area contributed by atoms with Crippen molar-refractivity contribution in [2.75, 3.05) is 0 Å². The summed E-state index contributed by atoms with van der Waals surface area (Å²) in [5.41, 5.74) is 0.882. The van der Waals surface area contributed by atoms with Gasteiger partial charge in [0, 0.05) is 12.0 Å². The third-order valence-corrected chi connectivity index (χ3v) is 3.03. The van der Waals surface area contributed by atoms with E-state index in [1.54, 1.807) is 0 Å². The molecule has 0 saturated heterocycles. The first-order valence-electron chi connectivity index (χ1n) is 5.96. The van der Waals surface area contributed by atoms with E-state index >= 15 is 0 Å². The minimum absolute atomic E-state index is 0.108. The van der Waals surface area contributed by atoms with E-state index in [1.165, 1.54) is 12.8 Å². The highest BCUT2D eigenvalue weighted by Gasteiger charge is 2.16. The van der Waals surface area contributed by atoms with Crippen molar-refractivity contribution in [2.45, 2.75) is 51.4 Å². The quantitative estimate of drug-likeness (QED) is 0.646. The molecule has 0 bridgehead atoms. The van der Waals surface area contributed by atoms with Crippen molar-refractivity contribution >= 4 is 5.97 Å². The lowest BCUT2D eigenvalue weighted by Gasteiger charge is -2.15. The molecule has 0 amide bonds. The van der Waals surface area contributed by atoms with Crippen molar-refractivity contribution in [2.24, 2.45) is 0 Å². The molecule has 0 atom stereocenters. The molecule has 0 aromatic rings. The van der Waals surface area contributed by atoms with E-state index in [1.807, 2.05) is 6.08 Å². The van der Waals surface area contributed by atoms with Gasteiger partial charge in [0.15, 0.2) is 0 Å². The average molecular weight is 206 g/mol. The molecule has 2 nitrogen and oxygen atoms in total. The zero-order valence-corrected chi connectivity index (χ0v) is 9.13. The van der Waals surface area contributed by atoms with Crippen molar-refractivity contribution < 1.29 is 9.53 Å². The van der Waals surface area contributed by atoms with E-state index in [0.29, 0.717) is 0 Å². The van der Waals surface area contributed by atoms with E-state index in [2.05, 4.69) is 6.08 Å². The minimum Gasteiger partial charge on any atom is -0.428 e. The van der Waals surface area contributed by atoms with Crippen LogP contribution in [0.2, 0.25) is 0 Å². The Morgan fingerprint density at radius 3 is 2.33 bits per heavy atom. The first-order chi connectivity index (χ1) is 7.36. The summed E-state index contributed by atoms with van der Waals surface area (Å²) in [4.78, 5) is 11.7. The maximum Gasteiger partial charge on any atom is 0.338 e. The molecule has 82 valence electrons. The second kappa shape index (κ2) is 5.15. The van der Waals surface area contributed by atoms with Crippen molar-refractivity contribution in [3.05, 3.63) is 23.5 Å². The smallest absolute Gasteiger partial charge is 0.338 e. The summed E-state index contributed by atoms with van der Waals surface area (Å²) in [6.07, 6.45) is 12.7. The Morgan fingerprint density at radius 2 is 1.73 bits per heavy atom. The van der Waals surface area contributed by atoms with Crippen LogP contribution in [0.3, 0.4) is 0 Å². The molecule has 2 aliphatic rings. The molecule has 0 fully saturated rings. The lowest BCUT2D eigenvalue weighted by Crippen LogP contribution is -2.11. The van der Waals surface area contributed by atoms with Gasteiger partial charge in [0.25, 0.3) is 0 Å². The number of ether oxygens (including phenoxy) is 1. The van der Waals surface area contributed by atoms with E-state index in [9.17, 15) is 4.79 Å². The summed E-state index contributed by atoms with van der Waals surface area (Å²) >= 11 is 0. The Bertz CT molecular complexity index is 300. The third-order valence-electron chi connectivity index (χ3n) is 3.03. The molecule has 2 rings (SSSR count). The van der Waals surface area contributed by atoms with Gasteiger partial charge in [0.05, 0.1) is 0 Å². The van der Waals surface area contributed by atoms with Crippen LogP contribution in [0.1, 0.15) is 51.4 Å². The summed E-state index contributed by atoms with van der Waals surface area (Å²) in [7, 11) is 0. The van der Waals surface area contributed by atoms with Crippen LogP contribution in [0.5, 0.6) is 0 Å². The molecule has 0 aromatic heterocycles. The third kappa shape index (κ3) is 2.95. The van der Waals surface area contributed by atoms with E-state index in [4.69, 9.17) is 4.74 Å². The monoisotopic (exact) mass is 206 g/mol. The molecular formula is C13H18O2. The first kappa shape index (κ1) is 10.5. The normalized spacial score (nSPS) is 21.6. The fraction of sp³-hybridized carbons (Fsp3) is 0.615. The largest absolute Gasteiger partial charge is 0.428 e. The minimum atomic E-state index is -0.108. The first-order valence-corrected chi connectivity index (χ1v) is 5.96. The molecule has 0 N–H and O–H groups in total. The second-order valence-corrected chi connectivity index (χ2v) is 4.28. The van der Waals surface area contributed by atoms with Gasteiger partial charge in [0.1, 0.15) is 5.76 Å². The van der Waals surface area contributed by atoms with Gasteiger partial charge in [0.2, 0.25) is 0 Å². The SMILES string of the molecule is O=C(OC1=CCCCC1)C1=CCCCC1. The van der Waals surface area contributed by atoms with Crippen LogP contribution in [0.15, 0.2) is 23.5 Å². The number of hydrogen-bond donors (Lipinski definition) is 0. The lowest BCUT2D eigenvalue weighted by molar-refractivity contribution is -0.135. The number of rotatable bonds is 2. The van der Waals surface area contributed by atoms with Gasteiger partial charge in [-0.1, -0.05) is 6.08 Å². The van der Waals surface area contributed by atoms with Gasteiger partial charge in [-0.2, -0.15) is 0 Å². The van der Waals surface area contributed by atoms with Gasteiger partial charge < -0.3 is 4.74 Å². The highest BCUT2D eigenvalue weighted by molar-refractivity contribution is 5.89.